The molecule has 2 aliphatic heterocycles. The minimum atomic E-state index is -3.38. The van der Waals surface area contributed by atoms with E-state index in [2.05, 4.69) is 14.9 Å². The van der Waals surface area contributed by atoms with E-state index < -0.39 is 15.3 Å². The SMILES string of the molecule is Cc1nccc(N2CCCC(S(=O)(=O)N3CCc4ccccc43)C2)n1. The highest BCUT2D eigenvalue weighted by atomic mass is 32.2. The van der Waals surface area contributed by atoms with Crippen molar-refractivity contribution in [3.05, 3.63) is 47.9 Å². The van der Waals surface area contributed by atoms with E-state index in [4.69, 9.17) is 0 Å². The van der Waals surface area contributed by atoms with Crippen molar-refractivity contribution in [2.45, 2.75) is 31.4 Å². The van der Waals surface area contributed by atoms with Crippen LogP contribution in [0, 0.1) is 6.92 Å². The normalized spacial score (nSPS) is 20.6. The van der Waals surface area contributed by atoms with Crippen molar-refractivity contribution in [3.8, 4) is 0 Å². The number of fused-ring (bicyclic) bond motifs is 1. The summed E-state index contributed by atoms with van der Waals surface area (Å²) in [6.45, 7) is 3.71. The Balaban J connectivity index is 1.59. The second-order valence-corrected chi connectivity index (χ2v) is 8.81. The molecule has 1 unspecified atom stereocenters. The summed E-state index contributed by atoms with van der Waals surface area (Å²) >= 11 is 0. The first-order valence-corrected chi connectivity index (χ1v) is 10.2. The van der Waals surface area contributed by atoms with Crippen LogP contribution in [0.3, 0.4) is 0 Å². The number of benzene rings is 1. The number of nitrogens with zero attached hydrogens (tertiary/aromatic N) is 4. The van der Waals surface area contributed by atoms with E-state index in [1.165, 1.54) is 0 Å². The first-order valence-electron chi connectivity index (χ1n) is 8.70. The lowest BCUT2D eigenvalue weighted by atomic mass is 10.1. The molecule has 7 heteroatoms. The minimum absolute atomic E-state index is 0.400. The number of aromatic nitrogens is 2. The highest BCUT2D eigenvalue weighted by molar-refractivity contribution is 7.93. The fraction of sp³-hybridized carbons (Fsp3) is 0.444. The summed E-state index contributed by atoms with van der Waals surface area (Å²) in [7, 11) is -3.38. The molecule has 132 valence electrons. The molecule has 0 N–H and O–H groups in total. The Morgan fingerprint density at radius 2 is 2.00 bits per heavy atom. The fourth-order valence-corrected chi connectivity index (χ4v) is 5.75. The summed E-state index contributed by atoms with van der Waals surface area (Å²) < 4.78 is 28.1. The summed E-state index contributed by atoms with van der Waals surface area (Å²) in [4.78, 5) is 10.7. The molecule has 2 aromatic rings. The van der Waals surface area contributed by atoms with Crippen LogP contribution in [0.1, 0.15) is 24.2 Å². The van der Waals surface area contributed by atoms with Gasteiger partial charge in [0.05, 0.1) is 10.9 Å². The number of hydrogen-bond acceptors (Lipinski definition) is 5. The number of para-hydroxylation sites is 1. The van der Waals surface area contributed by atoms with Gasteiger partial charge in [0, 0.05) is 25.8 Å². The monoisotopic (exact) mass is 358 g/mol. The van der Waals surface area contributed by atoms with Crippen molar-refractivity contribution < 1.29 is 8.42 Å². The topological polar surface area (TPSA) is 66.4 Å². The van der Waals surface area contributed by atoms with Gasteiger partial charge in [-0.3, -0.25) is 4.31 Å². The molecule has 0 amide bonds. The molecule has 1 aromatic heterocycles. The van der Waals surface area contributed by atoms with Crippen LogP contribution < -0.4 is 9.21 Å². The molecule has 0 aliphatic carbocycles. The van der Waals surface area contributed by atoms with Gasteiger partial charge in [0.15, 0.2) is 0 Å². The summed E-state index contributed by atoms with van der Waals surface area (Å²) in [5, 5.41) is -0.400. The van der Waals surface area contributed by atoms with Gasteiger partial charge in [-0.05, 0) is 43.9 Å². The first-order chi connectivity index (χ1) is 12.1. The van der Waals surface area contributed by atoms with Crippen LogP contribution in [0.4, 0.5) is 11.5 Å². The molecular weight excluding hydrogens is 336 g/mol. The van der Waals surface area contributed by atoms with E-state index in [1.54, 1.807) is 10.5 Å². The number of sulfonamides is 1. The molecule has 25 heavy (non-hydrogen) atoms. The lowest BCUT2D eigenvalue weighted by molar-refractivity contribution is 0.527. The van der Waals surface area contributed by atoms with Crippen molar-refractivity contribution in [3.63, 3.8) is 0 Å². The Labute approximate surface area is 148 Å². The zero-order valence-corrected chi connectivity index (χ0v) is 15.1. The predicted molar refractivity (Wildman–Crippen MR) is 98.4 cm³/mol. The summed E-state index contributed by atoms with van der Waals surface area (Å²) in [6.07, 6.45) is 4.06. The van der Waals surface area contributed by atoms with E-state index in [0.717, 1.165) is 36.5 Å². The summed E-state index contributed by atoms with van der Waals surface area (Å²) in [5.41, 5.74) is 1.96. The zero-order valence-electron chi connectivity index (χ0n) is 14.3. The van der Waals surface area contributed by atoms with Crippen molar-refractivity contribution in [1.29, 1.82) is 0 Å². The van der Waals surface area contributed by atoms with Crippen LogP contribution in [-0.4, -0.2) is 43.3 Å². The molecule has 1 saturated heterocycles. The Morgan fingerprint density at radius 3 is 2.84 bits per heavy atom. The van der Waals surface area contributed by atoms with E-state index in [9.17, 15) is 8.42 Å². The smallest absolute Gasteiger partial charge is 0.239 e. The van der Waals surface area contributed by atoms with Gasteiger partial charge in [-0.1, -0.05) is 18.2 Å². The van der Waals surface area contributed by atoms with Crippen LogP contribution >= 0.6 is 0 Å². The van der Waals surface area contributed by atoms with Crippen molar-refractivity contribution >= 4 is 21.5 Å². The number of hydrogen-bond donors (Lipinski definition) is 0. The van der Waals surface area contributed by atoms with Gasteiger partial charge in [-0.2, -0.15) is 0 Å². The molecule has 0 bridgehead atoms. The molecule has 2 aliphatic rings. The highest BCUT2D eigenvalue weighted by Gasteiger charge is 2.38. The maximum absolute atomic E-state index is 13.3. The van der Waals surface area contributed by atoms with Crippen molar-refractivity contribution in [2.24, 2.45) is 0 Å². The fourth-order valence-electron chi connectivity index (χ4n) is 3.76. The predicted octanol–water partition coefficient (Wildman–Crippen LogP) is 2.15. The van der Waals surface area contributed by atoms with Gasteiger partial charge < -0.3 is 4.90 Å². The maximum atomic E-state index is 13.3. The number of anilines is 2. The molecule has 0 radical (unpaired) electrons. The van der Waals surface area contributed by atoms with Gasteiger partial charge in [0.25, 0.3) is 0 Å². The van der Waals surface area contributed by atoms with Crippen molar-refractivity contribution in [2.75, 3.05) is 28.8 Å². The zero-order chi connectivity index (χ0) is 17.4. The minimum Gasteiger partial charge on any atom is -0.355 e. The maximum Gasteiger partial charge on any atom is 0.239 e. The Hall–Kier alpha value is -2.15. The molecule has 4 rings (SSSR count). The lowest BCUT2D eigenvalue weighted by Gasteiger charge is -2.35. The Morgan fingerprint density at radius 1 is 1.16 bits per heavy atom. The van der Waals surface area contributed by atoms with Gasteiger partial charge in [-0.25, -0.2) is 18.4 Å². The van der Waals surface area contributed by atoms with Gasteiger partial charge in [-0.15, -0.1) is 0 Å². The van der Waals surface area contributed by atoms with Crippen LogP contribution in [0.25, 0.3) is 0 Å². The molecular formula is C18H22N4O2S. The van der Waals surface area contributed by atoms with Crippen LogP contribution in [0.2, 0.25) is 0 Å². The first kappa shape index (κ1) is 16.3. The average molecular weight is 358 g/mol. The van der Waals surface area contributed by atoms with Crippen molar-refractivity contribution in [1.82, 2.24) is 9.97 Å². The van der Waals surface area contributed by atoms with Gasteiger partial charge in [0.2, 0.25) is 10.0 Å². The van der Waals surface area contributed by atoms with E-state index in [0.29, 0.717) is 25.3 Å². The molecule has 0 saturated carbocycles. The van der Waals surface area contributed by atoms with E-state index in [1.807, 2.05) is 37.3 Å². The molecule has 6 nitrogen and oxygen atoms in total. The van der Waals surface area contributed by atoms with E-state index >= 15 is 0 Å². The molecule has 0 spiro atoms. The third-order valence-corrected chi connectivity index (χ3v) is 7.26. The van der Waals surface area contributed by atoms with E-state index in [-0.39, 0.29) is 0 Å². The molecule has 1 atom stereocenters. The quantitative estimate of drug-likeness (QED) is 0.841. The molecule has 1 fully saturated rings. The highest BCUT2D eigenvalue weighted by Crippen LogP contribution is 2.33. The third kappa shape index (κ3) is 2.97. The lowest BCUT2D eigenvalue weighted by Crippen LogP contribution is -2.48. The summed E-state index contributed by atoms with van der Waals surface area (Å²) in [5.74, 6) is 1.52. The molecule has 1 aromatic carbocycles. The second-order valence-electron chi connectivity index (χ2n) is 6.67. The summed E-state index contributed by atoms with van der Waals surface area (Å²) in [6, 6.07) is 9.65. The number of aryl methyl sites for hydroxylation is 1. The van der Waals surface area contributed by atoms with Gasteiger partial charge >= 0.3 is 0 Å². The number of rotatable bonds is 3. The largest absolute Gasteiger partial charge is 0.355 e. The Bertz CT molecular complexity index is 884. The van der Waals surface area contributed by atoms with Gasteiger partial charge in [0.1, 0.15) is 11.6 Å². The standard InChI is InChI=1S/C18H22N4O2S/c1-14-19-10-8-18(20-14)21-11-4-6-16(13-21)25(23,24)22-12-9-15-5-2-3-7-17(15)22/h2-3,5,7-8,10,16H,4,6,9,11-13H2,1H3. The third-order valence-electron chi connectivity index (χ3n) is 5.04. The van der Waals surface area contributed by atoms with Crippen LogP contribution in [-0.2, 0) is 16.4 Å². The number of piperidine rings is 1. The molecule has 3 heterocycles. The second kappa shape index (κ2) is 6.29. The Kier molecular flexibility index (Phi) is 4.11. The van der Waals surface area contributed by atoms with Crippen LogP contribution in [0.5, 0.6) is 0 Å². The van der Waals surface area contributed by atoms with Crippen LogP contribution in [0.15, 0.2) is 36.5 Å². The average Bonchev–Trinajstić information content (AvgIpc) is 3.07.